The van der Waals surface area contributed by atoms with Crippen molar-refractivity contribution in [3.63, 3.8) is 0 Å². The van der Waals surface area contributed by atoms with E-state index < -0.39 is 35.4 Å². The third-order valence-electron chi connectivity index (χ3n) is 4.01. The molecular weight excluding hydrogens is 408 g/mol. The van der Waals surface area contributed by atoms with Gasteiger partial charge in [0.25, 0.3) is 0 Å². The lowest BCUT2D eigenvalue weighted by Crippen LogP contribution is -2.20. The number of nitrogens with zero attached hydrogens (tertiary/aromatic N) is 2. The van der Waals surface area contributed by atoms with Gasteiger partial charge < -0.3 is 15.4 Å². The van der Waals surface area contributed by atoms with Crippen LogP contribution in [0.4, 0.5) is 29.1 Å². The molecule has 0 saturated carbocycles. The molecule has 0 aliphatic carbocycles. The van der Waals surface area contributed by atoms with Crippen molar-refractivity contribution < 1.29 is 22.3 Å². The van der Waals surface area contributed by atoms with E-state index in [0.717, 1.165) is 10.2 Å². The van der Waals surface area contributed by atoms with Crippen LogP contribution < -0.4 is 15.4 Å². The molecule has 0 amide bonds. The summed E-state index contributed by atoms with van der Waals surface area (Å²) in [7, 11) is 1.53. The van der Waals surface area contributed by atoms with Crippen LogP contribution >= 0.6 is 12.2 Å². The molecule has 3 aromatic rings. The smallest absolute Gasteiger partial charge is 0.176 e. The third-order valence-corrected chi connectivity index (χ3v) is 4.21. The number of rotatable bonds is 5. The average molecular weight is 424 g/mol. The van der Waals surface area contributed by atoms with Gasteiger partial charge in [-0.25, -0.2) is 17.6 Å². The predicted molar refractivity (Wildman–Crippen MR) is 105 cm³/mol. The monoisotopic (exact) mass is 424 g/mol. The van der Waals surface area contributed by atoms with Crippen molar-refractivity contribution in [3.8, 4) is 5.75 Å². The topological polar surface area (TPSA) is 51.1 Å². The highest BCUT2D eigenvalue weighted by Gasteiger charge is 2.19. The van der Waals surface area contributed by atoms with E-state index in [-0.39, 0.29) is 17.0 Å². The van der Waals surface area contributed by atoms with Crippen molar-refractivity contribution in [1.82, 2.24) is 9.78 Å². The Bertz CT molecular complexity index is 1040. The molecule has 0 radical (unpaired) electrons. The molecule has 2 aromatic carbocycles. The molecule has 0 fully saturated rings. The van der Waals surface area contributed by atoms with Crippen LogP contribution in [0.1, 0.15) is 11.1 Å². The zero-order valence-electron chi connectivity index (χ0n) is 15.4. The molecule has 0 saturated heterocycles. The van der Waals surface area contributed by atoms with Gasteiger partial charge >= 0.3 is 0 Å². The third kappa shape index (κ3) is 4.65. The second kappa shape index (κ2) is 8.48. The lowest BCUT2D eigenvalue weighted by Gasteiger charge is -2.13. The second-order valence-electron chi connectivity index (χ2n) is 6.13. The molecule has 0 aliphatic heterocycles. The quantitative estimate of drug-likeness (QED) is 0.356. The van der Waals surface area contributed by atoms with Crippen LogP contribution in [-0.4, -0.2) is 22.0 Å². The Morgan fingerprint density at radius 1 is 1.07 bits per heavy atom. The summed E-state index contributed by atoms with van der Waals surface area (Å²) in [6, 6.07) is 7.17. The minimum Gasteiger partial charge on any atom is -0.495 e. The maximum absolute atomic E-state index is 13.8. The highest BCUT2D eigenvalue weighted by Crippen LogP contribution is 2.25. The summed E-state index contributed by atoms with van der Waals surface area (Å²) in [4.78, 5) is 0. The van der Waals surface area contributed by atoms with Crippen molar-refractivity contribution in [3.05, 3.63) is 70.9 Å². The number of aryl methyl sites for hydroxylation is 1. The molecule has 0 atom stereocenters. The molecule has 152 valence electrons. The van der Waals surface area contributed by atoms with Crippen LogP contribution in [0, 0.1) is 30.2 Å². The fourth-order valence-electron chi connectivity index (χ4n) is 2.63. The number of halogens is 4. The molecule has 5 nitrogen and oxygen atoms in total. The Morgan fingerprint density at radius 3 is 2.41 bits per heavy atom. The van der Waals surface area contributed by atoms with Gasteiger partial charge in [0, 0.05) is 18.3 Å². The molecular formula is C19H16F4N4OS. The Morgan fingerprint density at radius 2 is 1.76 bits per heavy atom. The Labute approximate surface area is 169 Å². The fraction of sp³-hybridized carbons (Fsp3) is 0.158. The van der Waals surface area contributed by atoms with Crippen LogP contribution in [0.3, 0.4) is 0 Å². The molecule has 0 aliphatic rings. The summed E-state index contributed by atoms with van der Waals surface area (Å²) in [5.74, 6) is -5.00. The van der Waals surface area contributed by atoms with Gasteiger partial charge in [-0.3, -0.25) is 4.68 Å². The van der Waals surface area contributed by atoms with Crippen LogP contribution in [0.2, 0.25) is 0 Å². The predicted octanol–water partition coefficient (Wildman–Crippen LogP) is 4.61. The molecule has 10 heteroatoms. The van der Waals surface area contributed by atoms with Crippen LogP contribution in [0.15, 0.2) is 36.5 Å². The van der Waals surface area contributed by atoms with Gasteiger partial charge in [0.1, 0.15) is 5.75 Å². The number of thiocarbonyl (C=S) groups is 1. The number of anilines is 2. The highest BCUT2D eigenvalue weighted by molar-refractivity contribution is 7.80. The fourth-order valence-corrected chi connectivity index (χ4v) is 2.84. The second-order valence-corrected chi connectivity index (χ2v) is 6.54. The first-order chi connectivity index (χ1) is 13.8. The number of aromatic nitrogens is 2. The molecule has 1 heterocycles. The van der Waals surface area contributed by atoms with E-state index >= 15 is 0 Å². The van der Waals surface area contributed by atoms with Crippen molar-refractivity contribution >= 4 is 28.8 Å². The number of hydrogen-bond acceptors (Lipinski definition) is 3. The molecule has 0 unspecified atom stereocenters. The van der Waals surface area contributed by atoms with Gasteiger partial charge in [-0.15, -0.1) is 0 Å². The number of hydrogen-bond donors (Lipinski definition) is 2. The summed E-state index contributed by atoms with van der Waals surface area (Å²) in [6.45, 7) is 1.41. The Hall–Kier alpha value is -3.14. The van der Waals surface area contributed by atoms with E-state index in [2.05, 4.69) is 15.7 Å². The van der Waals surface area contributed by atoms with Gasteiger partial charge in [0.2, 0.25) is 0 Å². The van der Waals surface area contributed by atoms with Crippen LogP contribution in [0.5, 0.6) is 5.75 Å². The normalized spacial score (nSPS) is 10.7. The number of benzene rings is 2. The summed E-state index contributed by atoms with van der Waals surface area (Å²) in [5.41, 5.74) is 0.873. The van der Waals surface area contributed by atoms with E-state index in [1.54, 1.807) is 6.07 Å². The molecule has 3 rings (SSSR count). The van der Waals surface area contributed by atoms with Crippen molar-refractivity contribution in [2.24, 2.45) is 0 Å². The minimum atomic E-state index is -1.47. The number of ether oxygens (including phenoxy) is 1. The van der Waals surface area contributed by atoms with Crippen LogP contribution in [-0.2, 0) is 6.54 Å². The van der Waals surface area contributed by atoms with Gasteiger partial charge in [0.05, 0.1) is 24.9 Å². The van der Waals surface area contributed by atoms with Gasteiger partial charge in [0.15, 0.2) is 34.2 Å². The van der Waals surface area contributed by atoms with E-state index in [1.807, 2.05) is 19.1 Å². The van der Waals surface area contributed by atoms with Crippen molar-refractivity contribution in [2.75, 3.05) is 17.7 Å². The first-order valence-electron chi connectivity index (χ1n) is 8.36. The maximum atomic E-state index is 13.8. The average Bonchev–Trinajstić information content (AvgIpc) is 3.10. The van der Waals surface area contributed by atoms with E-state index in [4.69, 9.17) is 17.0 Å². The van der Waals surface area contributed by atoms with Gasteiger partial charge in [-0.1, -0.05) is 6.07 Å². The lowest BCUT2D eigenvalue weighted by molar-refractivity contribution is 0.417. The molecule has 0 bridgehead atoms. The zero-order chi connectivity index (χ0) is 21.1. The molecule has 2 N–H and O–H groups in total. The summed E-state index contributed by atoms with van der Waals surface area (Å²) >= 11 is 5.24. The summed E-state index contributed by atoms with van der Waals surface area (Å²) < 4.78 is 60.7. The van der Waals surface area contributed by atoms with Crippen molar-refractivity contribution in [1.29, 1.82) is 0 Å². The summed E-state index contributed by atoms with van der Waals surface area (Å²) in [6.07, 6.45) is 1.39. The van der Waals surface area contributed by atoms with Crippen molar-refractivity contribution in [2.45, 2.75) is 13.5 Å². The first kappa shape index (κ1) is 20.6. The zero-order valence-corrected chi connectivity index (χ0v) is 16.2. The van der Waals surface area contributed by atoms with E-state index in [0.29, 0.717) is 11.4 Å². The molecule has 29 heavy (non-hydrogen) atoms. The Balaban J connectivity index is 1.72. The lowest BCUT2D eigenvalue weighted by atomic mass is 10.2. The Kier molecular flexibility index (Phi) is 6.02. The van der Waals surface area contributed by atoms with E-state index in [9.17, 15) is 17.6 Å². The highest BCUT2D eigenvalue weighted by atomic mass is 32.1. The summed E-state index contributed by atoms with van der Waals surface area (Å²) in [5, 5.41) is 10.0. The number of methoxy groups -OCH3 is 1. The minimum absolute atomic E-state index is 0.161. The van der Waals surface area contributed by atoms with Crippen LogP contribution in [0.25, 0.3) is 0 Å². The SMILES string of the molecule is COc1ccc(C)cc1NC(=S)Nc1ccn(Cc2c(F)c(F)cc(F)c2F)n1. The largest absolute Gasteiger partial charge is 0.495 e. The first-order valence-corrected chi connectivity index (χ1v) is 8.77. The van der Waals surface area contributed by atoms with Gasteiger partial charge in [-0.05, 0) is 36.8 Å². The van der Waals surface area contributed by atoms with E-state index in [1.165, 1.54) is 19.4 Å². The molecule has 0 spiro atoms. The number of nitrogens with one attached hydrogen (secondary N) is 2. The standard InChI is InChI=1S/C19H16F4N4OS/c1-10-3-4-15(28-2)14(7-10)24-19(29)25-16-5-6-27(26-16)9-11-17(22)12(20)8-13(21)18(11)23/h3-8H,9H2,1-2H3,(H2,24,25,26,29). The van der Waals surface area contributed by atoms with Gasteiger partial charge in [-0.2, -0.15) is 5.10 Å². The molecule has 1 aromatic heterocycles. The maximum Gasteiger partial charge on any atom is 0.176 e.